The molecule has 0 aliphatic carbocycles. The fraction of sp³-hybridized carbons (Fsp3) is 0.174. The van der Waals surface area contributed by atoms with Crippen LogP contribution in [0.2, 0.25) is 0 Å². The van der Waals surface area contributed by atoms with Crippen molar-refractivity contribution in [1.29, 1.82) is 0 Å². The van der Waals surface area contributed by atoms with Crippen LogP contribution < -0.4 is 4.90 Å². The van der Waals surface area contributed by atoms with Gasteiger partial charge in [0, 0.05) is 17.8 Å². The Kier molecular flexibility index (Phi) is 4.89. The number of aromatic nitrogens is 1. The topological polar surface area (TPSA) is 59.5 Å². The van der Waals surface area contributed by atoms with Gasteiger partial charge in [-0.2, -0.15) is 0 Å². The molecule has 1 aromatic heterocycles. The molecule has 4 rings (SSSR count). The van der Waals surface area contributed by atoms with E-state index in [9.17, 15) is 9.59 Å². The highest BCUT2D eigenvalue weighted by atomic mass is 16.5. The molecule has 5 heteroatoms. The SMILES string of the molecule is Cc1nc(-c2ccccc2)ccc1C(=O)OCC(=O)N1CCc2ccccc21. The smallest absolute Gasteiger partial charge is 0.340 e. The van der Waals surface area contributed by atoms with E-state index >= 15 is 0 Å². The van der Waals surface area contributed by atoms with E-state index in [-0.39, 0.29) is 12.5 Å². The molecule has 0 unspecified atom stereocenters. The van der Waals surface area contributed by atoms with Crippen molar-refractivity contribution < 1.29 is 14.3 Å². The van der Waals surface area contributed by atoms with Crippen molar-refractivity contribution in [2.24, 2.45) is 0 Å². The molecule has 0 N–H and O–H groups in total. The predicted octanol–water partition coefficient (Wildman–Crippen LogP) is 3.80. The van der Waals surface area contributed by atoms with Crippen LogP contribution in [0.1, 0.15) is 21.6 Å². The molecular weight excluding hydrogens is 352 g/mol. The number of carbonyl (C=O) groups is 2. The van der Waals surface area contributed by atoms with E-state index in [0.717, 1.165) is 28.9 Å². The van der Waals surface area contributed by atoms with E-state index < -0.39 is 5.97 Å². The van der Waals surface area contributed by atoms with Crippen molar-refractivity contribution in [2.45, 2.75) is 13.3 Å². The number of esters is 1. The molecule has 3 aromatic rings. The molecule has 0 spiro atoms. The molecule has 2 heterocycles. The molecule has 1 aliphatic heterocycles. The summed E-state index contributed by atoms with van der Waals surface area (Å²) in [6, 6.07) is 21.0. The van der Waals surface area contributed by atoms with Crippen LogP contribution in [-0.2, 0) is 16.0 Å². The van der Waals surface area contributed by atoms with Gasteiger partial charge in [0.1, 0.15) is 0 Å². The Bertz CT molecular complexity index is 1030. The Morgan fingerprint density at radius 1 is 1.00 bits per heavy atom. The summed E-state index contributed by atoms with van der Waals surface area (Å²) in [7, 11) is 0. The van der Waals surface area contributed by atoms with E-state index in [1.54, 1.807) is 24.0 Å². The number of amides is 1. The second-order valence-electron chi connectivity index (χ2n) is 6.70. The van der Waals surface area contributed by atoms with Gasteiger partial charge in [-0.05, 0) is 37.1 Å². The van der Waals surface area contributed by atoms with Gasteiger partial charge < -0.3 is 9.64 Å². The average molecular weight is 372 g/mol. The van der Waals surface area contributed by atoms with Crippen LogP contribution in [0.3, 0.4) is 0 Å². The normalized spacial score (nSPS) is 12.5. The van der Waals surface area contributed by atoms with Crippen LogP contribution in [-0.4, -0.2) is 30.0 Å². The summed E-state index contributed by atoms with van der Waals surface area (Å²) in [5, 5.41) is 0. The number of benzene rings is 2. The first kappa shape index (κ1) is 17.9. The van der Waals surface area contributed by atoms with E-state index in [1.807, 2.05) is 54.6 Å². The molecule has 0 saturated heterocycles. The lowest BCUT2D eigenvalue weighted by atomic mass is 10.1. The van der Waals surface area contributed by atoms with Gasteiger partial charge in [-0.15, -0.1) is 0 Å². The number of hydrogen-bond acceptors (Lipinski definition) is 4. The highest BCUT2D eigenvalue weighted by Crippen LogP contribution is 2.27. The molecule has 1 aliphatic rings. The Morgan fingerprint density at radius 3 is 2.54 bits per heavy atom. The second kappa shape index (κ2) is 7.64. The number of para-hydroxylation sites is 1. The van der Waals surface area contributed by atoms with Crippen LogP contribution in [0.5, 0.6) is 0 Å². The van der Waals surface area contributed by atoms with Crippen molar-refractivity contribution in [1.82, 2.24) is 4.98 Å². The fourth-order valence-corrected chi connectivity index (χ4v) is 3.43. The average Bonchev–Trinajstić information content (AvgIpc) is 3.16. The number of anilines is 1. The number of nitrogens with zero attached hydrogens (tertiary/aromatic N) is 2. The summed E-state index contributed by atoms with van der Waals surface area (Å²) in [6.07, 6.45) is 0.819. The Hall–Kier alpha value is -3.47. The molecule has 0 atom stereocenters. The Morgan fingerprint density at radius 2 is 1.75 bits per heavy atom. The number of hydrogen-bond donors (Lipinski definition) is 0. The number of fused-ring (bicyclic) bond motifs is 1. The van der Waals surface area contributed by atoms with Crippen LogP contribution >= 0.6 is 0 Å². The molecule has 1 amide bonds. The zero-order chi connectivity index (χ0) is 19.5. The van der Waals surface area contributed by atoms with Crippen LogP contribution in [0, 0.1) is 6.92 Å². The summed E-state index contributed by atoms with van der Waals surface area (Å²) < 4.78 is 5.27. The van der Waals surface area contributed by atoms with Gasteiger partial charge in [0.05, 0.1) is 17.0 Å². The van der Waals surface area contributed by atoms with E-state index in [4.69, 9.17) is 4.74 Å². The molecule has 0 fully saturated rings. The van der Waals surface area contributed by atoms with Crippen molar-refractivity contribution in [2.75, 3.05) is 18.1 Å². The van der Waals surface area contributed by atoms with Crippen LogP contribution in [0.15, 0.2) is 66.7 Å². The monoisotopic (exact) mass is 372 g/mol. The number of ether oxygens (including phenoxy) is 1. The standard InChI is InChI=1S/C23H20N2O3/c1-16-19(11-12-20(24-16)17-7-3-2-4-8-17)23(27)28-15-22(26)25-14-13-18-9-5-6-10-21(18)25/h2-12H,13-15H2,1H3. The minimum absolute atomic E-state index is 0.218. The minimum Gasteiger partial charge on any atom is -0.452 e. The second-order valence-corrected chi connectivity index (χ2v) is 6.70. The van der Waals surface area contributed by atoms with Crippen molar-refractivity contribution >= 4 is 17.6 Å². The lowest BCUT2D eigenvalue weighted by Gasteiger charge is -2.17. The van der Waals surface area contributed by atoms with Gasteiger partial charge in [-0.1, -0.05) is 48.5 Å². The number of pyridine rings is 1. The largest absolute Gasteiger partial charge is 0.452 e. The van der Waals surface area contributed by atoms with Gasteiger partial charge in [0.15, 0.2) is 6.61 Å². The van der Waals surface area contributed by atoms with Crippen molar-refractivity contribution in [3.63, 3.8) is 0 Å². The van der Waals surface area contributed by atoms with Gasteiger partial charge in [0.25, 0.3) is 5.91 Å². The zero-order valence-electron chi connectivity index (χ0n) is 15.6. The summed E-state index contributed by atoms with van der Waals surface area (Å²) >= 11 is 0. The zero-order valence-corrected chi connectivity index (χ0v) is 15.6. The van der Waals surface area contributed by atoms with Gasteiger partial charge in [-0.25, -0.2) is 4.79 Å². The maximum atomic E-state index is 12.5. The first-order chi connectivity index (χ1) is 13.6. The highest BCUT2D eigenvalue weighted by Gasteiger charge is 2.25. The van der Waals surface area contributed by atoms with Gasteiger partial charge in [0.2, 0.25) is 0 Å². The Labute approximate surface area is 163 Å². The first-order valence-corrected chi connectivity index (χ1v) is 9.22. The molecular formula is C23H20N2O3. The van der Waals surface area contributed by atoms with E-state index in [2.05, 4.69) is 4.98 Å². The molecule has 28 heavy (non-hydrogen) atoms. The lowest BCUT2D eigenvalue weighted by molar-refractivity contribution is -0.121. The van der Waals surface area contributed by atoms with Gasteiger partial charge in [-0.3, -0.25) is 9.78 Å². The predicted molar refractivity (Wildman–Crippen MR) is 107 cm³/mol. The third-order valence-corrected chi connectivity index (χ3v) is 4.89. The molecule has 0 bridgehead atoms. The van der Waals surface area contributed by atoms with Gasteiger partial charge >= 0.3 is 5.97 Å². The summed E-state index contributed by atoms with van der Waals surface area (Å²) in [6.45, 7) is 2.09. The number of carbonyl (C=O) groups excluding carboxylic acids is 2. The molecule has 2 aromatic carbocycles. The van der Waals surface area contributed by atoms with Crippen molar-refractivity contribution in [3.05, 3.63) is 83.6 Å². The van der Waals surface area contributed by atoms with Crippen molar-refractivity contribution in [3.8, 4) is 11.3 Å². The lowest BCUT2D eigenvalue weighted by Crippen LogP contribution is -2.33. The summed E-state index contributed by atoms with van der Waals surface area (Å²) in [5.74, 6) is -0.754. The quantitative estimate of drug-likeness (QED) is 0.654. The van der Waals surface area contributed by atoms with E-state index in [0.29, 0.717) is 17.8 Å². The molecule has 5 nitrogen and oxygen atoms in total. The number of rotatable bonds is 4. The van der Waals surface area contributed by atoms with Crippen LogP contribution in [0.4, 0.5) is 5.69 Å². The third-order valence-electron chi connectivity index (χ3n) is 4.89. The molecule has 0 radical (unpaired) electrons. The Balaban J connectivity index is 1.42. The van der Waals surface area contributed by atoms with E-state index in [1.165, 1.54) is 0 Å². The minimum atomic E-state index is -0.537. The number of aryl methyl sites for hydroxylation is 1. The maximum Gasteiger partial charge on any atom is 0.340 e. The third kappa shape index (κ3) is 3.51. The molecule has 0 saturated carbocycles. The molecule has 140 valence electrons. The maximum absolute atomic E-state index is 12.5. The fourth-order valence-electron chi connectivity index (χ4n) is 3.43. The highest BCUT2D eigenvalue weighted by molar-refractivity contribution is 5.98. The summed E-state index contributed by atoms with van der Waals surface area (Å²) in [4.78, 5) is 31.1. The van der Waals surface area contributed by atoms with Crippen LogP contribution in [0.25, 0.3) is 11.3 Å². The summed E-state index contributed by atoms with van der Waals surface area (Å²) in [5.41, 5.74) is 4.75. The first-order valence-electron chi connectivity index (χ1n) is 9.22.